The minimum atomic E-state index is 0.294. The third kappa shape index (κ3) is 2.73. The van der Waals surface area contributed by atoms with Gasteiger partial charge >= 0.3 is 0 Å². The highest BCUT2D eigenvalue weighted by molar-refractivity contribution is 7.80. The van der Waals surface area contributed by atoms with Crippen LogP contribution in [-0.4, -0.2) is 16.1 Å². The Labute approximate surface area is 119 Å². The van der Waals surface area contributed by atoms with Crippen molar-refractivity contribution in [3.63, 3.8) is 0 Å². The summed E-state index contributed by atoms with van der Waals surface area (Å²) in [5.41, 5.74) is 9.13. The smallest absolute Gasteiger partial charge is 0.224 e. The maximum atomic E-state index is 6.06. The fourth-order valence-electron chi connectivity index (χ4n) is 3.05. The summed E-state index contributed by atoms with van der Waals surface area (Å²) in [7, 11) is 0. The highest BCUT2D eigenvalue weighted by Gasteiger charge is 2.22. The molecule has 102 valence electrons. The highest BCUT2D eigenvalue weighted by Crippen LogP contribution is 2.29. The number of nitrogens with two attached hydrogens (primary N) is 1. The van der Waals surface area contributed by atoms with Crippen LogP contribution >= 0.6 is 12.2 Å². The molecule has 1 aromatic rings. The van der Waals surface area contributed by atoms with Crippen molar-refractivity contribution in [3.8, 4) is 5.88 Å². The summed E-state index contributed by atoms with van der Waals surface area (Å²) in [5.74, 6) is 0.667. The van der Waals surface area contributed by atoms with Crippen LogP contribution in [0.15, 0.2) is 6.07 Å². The van der Waals surface area contributed by atoms with Crippen molar-refractivity contribution in [1.82, 2.24) is 4.98 Å². The topological polar surface area (TPSA) is 48.1 Å². The molecule has 0 aliphatic heterocycles. The van der Waals surface area contributed by atoms with Crippen molar-refractivity contribution in [1.29, 1.82) is 0 Å². The van der Waals surface area contributed by atoms with E-state index in [1.54, 1.807) is 0 Å². The molecule has 3 nitrogen and oxygen atoms in total. The van der Waals surface area contributed by atoms with Crippen molar-refractivity contribution in [2.24, 2.45) is 5.73 Å². The van der Waals surface area contributed by atoms with Gasteiger partial charge in [0, 0.05) is 5.69 Å². The Balaban J connectivity index is 1.93. The van der Waals surface area contributed by atoms with E-state index in [4.69, 9.17) is 27.7 Å². The van der Waals surface area contributed by atoms with Crippen molar-refractivity contribution in [3.05, 3.63) is 22.9 Å². The van der Waals surface area contributed by atoms with Crippen LogP contribution in [0.2, 0.25) is 0 Å². The van der Waals surface area contributed by atoms with Gasteiger partial charge in [0.05, 0.1) is 5.56 Å². The molecule has 0 amide bonds. The average molecular weight is 276 g/mol. The SMILES string of the molecule is NC(=S)c1cc2c(nc1OC1CCCC1)CCCC2. The Kier molecular flexibility index (Phi) is 3.69. The number of pyridine rings is 1. The zero-order chi connectivity index (χ0) is 13.2. The summed E-state index contributed by atoms with van der Waals surface area (Å²) >= 11 is 5.15. The molecule has 0 saturated heterocycles. The van der Waals surface area contributed by atoms with Crippen LogP contribution in [0.3, 0.4) is 0 Å². The molecule has 0 spiro atoms. The molecular weight excluding hydrogens is 256 g/mol. The number of hydrogen-bond acceptors (Lipinski definition) is 3. The number of rotatable bonds is 3. The highest BCUT2D eigenvalue weighted by atomic mass is 32.1. The maximum absolute atomic E-state index is 6.06. The molecule has 3 rings (SSSR count). The molecule has 2 aliphatic carbocycles. The fourth-order valence-corrected chi connectivity index (χ4v) is 3.19. The van der Waals surface area contributed by atoms with E-state index in [1.807, 2.05) is 0 Å². The summed E-state index contributed by atoms with van der Waals surface area (Å²) in [6.07, 6.45) is 9.61. The molecule has 1 aromatic heterocycles. The Hall–Kier alpha value is -1.16. The Morgan fingerprint density at radius 1 is 1.21 bits per heavy atom. The second-order valence-electron chi connectivity index (χ2n) is 5.54. The molecule has 1 saturated carbocycles. The number of aromatic nitrogens is 1. The van der Waals surface area contributed by atoms with Crippen molar-refractivity contribution < 1.29 is 4.74 Å². The van der Waals surface area contributed by atoms with Gasteiger partial charge in [0.1, 0.15) is 11.1 Å². The molecule has 2 aliphatic rings. The summed E-state index contributed by atoms with van der Waals surface area (Å²) in [5, 5.41) is 0. The second kappa shape index (κ2) is 5.45. The number of hydrogen-bond donors (Lipinski definition) is 1. The molecule has 0 atom stereocenters. The first-order valence-electron chi connectivity index (χ1n) is 7.23. The van der Waals surface area contributed by atoms with Crippen molar-refractivity contribution >= 4 is 17.2 Å². The summed E-state index contributed by atoms with van der Waals surface area (Å²) in [6.45, 7) is 0. The van der Waals surface area contributed by atoms with E-state index in [-0.39, 0.29) is 0 Å². The third-order valence-corrected chi connectivity index (χ3v) is 4.33. The molecule has 4 heteroatoms. The zero-order valence-electron chi connectivity index (χ0n) is 11.2. The Bertz CT molecular complexity index is 495. The van der Waals surface area contributed by atoms with Gasteiger partial charge in [-0.2, -0.15) is 0 Å². The Morgan fingerprint density at radius 3 is 2.68 bits per heavy atom. The molecule has 0 radical (unpaired) electrons. The van der Waals surface area contributed by atoms with Gasteiger partial charge in [0.25, 0.3) is 0 Å². The number of ether oxygens (including phenoxy) is 1. The summed E-state index contributed by atoms with van der Waals surface area (Å²) in [6, 6.07) is 2.11. The molecule has 0 unspecified atom stereocenters. The lowest BCUT2D eigenvalue weighted by Crippen LogP contribution is -2.20. The van der Waals surface area contributed by atoms with Crippen LogP contribution in [-0.2, 0) is 12.8 Å². The first-order chi connectivity index (χ1) is 9.24. The monoisotopic (exact) mass is 276 g/mol. The van der Waals surface area contributed by atoms with E-state index in [0.717, 1.165) is 31.2 Å². The quantitative estimate of drug-likeness (QED) is 0.862. The number of aryl methyl sites for hydroxylation is 2. The first kappa shape index (κ1) is 12.9. The van der Waals surface area contributed by atoms with Crippen molar-refractivity contribution in [2.75, 3.05) is 0 Å². The first-order valence-corrected chi connectivity index (χ1v) is 7.64. The van der Waals surface area contributed by atoms with E-state index in [1.165, 1.54) is 36.9 Å². The lowest BCUT2D eigenvalue weighted by Gasteiger charge is -2.20. The second-order valence-corrected chi connectivity index (χ2v) is 5.98. The van der Waals surface area contributed by atoms with Crippen LogP contribution in [0.5, 0.6) is 5.88 Å². The number of fused-ring (bicyclic) bond motifs is 1. The molecule has 0 bridgehead atoms. The van der Waals surface area contributed by atoms with Gasteiger partial charge < -0.3 is 10.5 Å². The summed E-state index contributed by atoms with van der Waals surface area (Å²) in [4.78, 5) is 5.11. The standard InChI is InChI=1S/C15H20N2OS/c16-14(19)12-9-10-5-1-4-8-13(10)17-15(12)18-11-6-2-3-7-11/h9,11H,1-8H2,(H2,16,19). The third-order valence-electron chi connectivity index (χ3n) is 4.11. The van der Waals surface area contributed by atoms with Gasteiger partial charge in [-0.25, -0.2) is 4.98 Å². The average Bonchev–Trinajstić information content (AvgIpc) is 2.90. The van der Waals surface area contributed by atoms with E-state index in [0.29, 0.717) is 17.0 Å². The van der Waals surface area contributed by atoms with E-state index < -0.39 is 0 Å². The van der Waals surface area contributed by atoms with E-state index in [9.17, 15) is 0 Å². The zero-order valence-corrected chi connectivity index (χ0v) is 12.0. The molecule has 19 heavy (non-hydrogen) atoms. The molecule has 2 N–H and O–H groups in total. The fraction of sp³-hybridized carbons (Fsp3) is 0.600. The van der Waals surface area contributed by atoms with Gasteiger partial charge in [-0.05, 0) is 63.0 Å². The minimum absolute atomic E-state index is 0.294. The van der Waals surface area contributed by atoms with Gasteiger partial charge in [0.15, 0.2) is 0 Å². The number of nitrogens with zero attached hydrogens (tertiary/aromatic N) is 1. The predicted octanol–water partition coefficient (Wildman–Crippen LogP) is 2.92. The van der Waals surface area contributed by atoms with Gasteiger partial charge in [0.2, 0.25) is 5.88 Å². The van der Waals surface area contributed by atoms with Crippen LogP contribution in [0, 0.1) is 0 Å². The molecule has 1 fully saturated rings. The molecular formula is C15H20N2OS. The normalized spacial score (nSPS) is 19.2. The lowest BCUT2D eigenvalue weighted by atomic mass is 9.95. The largest absolute Gasteiger partial charge is 0.474 e. The van der Waals surface area contributed by atoms with Gasteiger partial charge in [-0.3, -0.25) is 0 Å². The van der Waals surface area contributed by atoms with Crippen LogP contribution in [0.4, 0.5) is 0 Å². The van der Waals surface area contributed by atoms with Crippen LogP contribution < -0.4 is 10.5 Å². The van der Waals surface area contributed by atoms with E-state index >= 15 is 0 Å². The minimum Gasteiger partial charge on any atom is -0.474 e. The van der Waals surface area contributed by atoms with Crippen LogP contribution in [0.25, 0.3) is 0 Å². The van der Waals surface area contributed by atoms with Gasteiger partial charge in [-0.15, -0.1) is 0 Å². The molecule has 0 aromatic carbocycles. The predicted molar refractivity (Wildman–Crippen MR) is 79.7 cm³/mol. The lowest BCUT2D eigenvalue weighted by molar-refractivity contribution is 0.200. The summed E-state index contributed by atoms with van der Waals surface area (Å²) < 4.78 is 6.06. The van der Waals surface area contributed by atoms with Crippen LogP contribution in [0.1, 0.15) is 55.3 Å². The van der Waals surface area contributed by atoms with E-state index in [2.05, 4.69) is 6.07 Å². The number of thiocarbonyl (C=S) groups is 1. The van der Waals surface area contributed by atoms with Gasteiger partial charge in [-0.1, -0.05) is 12.2 Å². The maximum Gasteiger partial charge on any atom is 0.224 e. The molecule has 1 heterocycles. The van der Waals surface area contributed by atoms with Crippen molar-refractivity contribution in [2.45, 2.75) is 57.5 Å². The Morgan fingerprint density at radius 2 is 1.95 bits per heavy atom.